The van der Waals surface area contributed by atoms with Crippen LogP contribution in [0.15, 0.2) is 0 Å². The average molecular weight is 266 g/mol. The summed E-state index contributed by atoms with van der Waals surface area (Å²) in [7, 11) is 0. The zero-order valence-electron chi connectivity index (χ0n) is 11.6. The molecule has 1 heterocycles. The van der Waals surface area contributed by atoms with Crippen molar-refractivity contribution in [3.05, 3.63) is 0 Å². The van der Waals surface area contributed by atoms with Crippen LogP contribution in [0.1, 0.15) is 40.0 Å². The van der Waals surface area contributed by atoms with E-state index in [1.54, 1.807) is 0 Å². The van der Waals surface area contributed by atoms with Crippen LogP contribution in [-0.4, -0.2) is 42.8 Å². The molecule has 1 saturated heterocycles. The second-order valence-electron chi connectivity index (χ2n) is 5.47. The Morgan fingerprint density at radius 1 is 1.33 bits per heavy atom. The molecule has 2 nitrogen and oxygen atoms in total. The summed E-state index contributed by atoms with van der Waals surface area (Å²) < 4.78 is 37.7. The third kappa shape index (κ3) is 4.76. The highest BCUT2D eigenvalue weighted by molar-refractivity contribution is 4.84. The molecule has 0 amide bonds. The molecule has 1 aliphatic rings. The van der Waals surface area contributed by atoms with Gasteiger partial charge < -0.3 is 5.32 Å². The summed E-state index contributed by atoms with van der Waals surface area (Å²) in [6.07, 6.45) is -1.55. The zero-order chi connectivity index (χ0) is 13.8. The fourth-order valence-electron chi connectivity index (χ4n) is 2.49. The Hall–Kier alpha value is -0.290. The van der Waals surface area contributed by atoms with E-state index in [1.807, 2.05) is 11.8 Å². The molecule has 1 fully saturated rings. The number of alkyl halides is 3. The van der Waals surface area contributed by atoms with E-state index in [1.165, 1.54) is 0 Å². The molecule has 0 radical (unpaired) electrons. The molecule has 1 aliphatic heterocycles. The highest BCUT2D eigenvalue weighted by atomic mass is 19.4. The summed E-state index contributed by atoms with van der Waals surface area (Å²) in [5, 5.41) is 3.39. The molecule has 1 N–H and O–H groups in total. The summed E-state index contributed by atoms with van der Waals surface area (Å²) in [5.74, 6) is -1.13. The van der Waals surface area contributed by atoms with Gasteiger partial charge in [-0.05, 0) is 33.2 Å². The highest BCUT2D eigenvalue weighted by Crippen LogP contribution is 2.33. The normalized spacial score (nSPS) is 25.3. The van der Waals surface area contributed by atoms with Crippen LogP contribution >= 0.6 is 0 Å². The summed E-state index contributed by atoms with van der Waals surface area (Å²) in [5.41, 5.74) is 0. The largest absolute Gasteiger partial charge is 0.393 e. The molecule has 0 bridgehead atoms. The molecule has 0 aromatic carbocycles. The third-order valence-electron chi connectivity index (χ3n) is 3.79. The molecule has 3 atom stereocenters. The standard InChI is InChI=1S/C13H25F3N2/c1-4-5-10(2)17-8-11(3)18-7-6-12(9-18)13(14,15)16/h10-12,17H,4-9H2,1-3H3. The Morgan fingerprint density at radius 2 is 2.00 bits per heavy atom. The number of hydrogen-bond donors (Lipinski definition) is 1. The molecule has 0 spiro atoms. The summed E-state index contributed by atoms with van der Waals surface area (Å²) >= 11 is 0. The van der Waals surface area contributed by atoms with Gasteiger partial charge in [-0.1, -0.05) is 13.3 Å². The first kappa shape index (κ1) is 15.8. The smallest absolute Gasteiger partial charge is 0.313 e. The number of halogens is 3. The number of nitrogens with zero attached hydrogens (tertiary/aromatic N) is 1. The lowest BCUT2D eigenvalue weighted by atomic mass is 10.1. The van der Waals surface area contributed by atoms with Gasteiger partial charge in [-0.25, -0.2) is 0 Å². The van der Waals surface area contributed by atoms with Gasteiger partial charge in [0.25, 0.3) is 0 Å². The van der Waals surface area contributed by atoms with Crippen molar-refractivity contribution in [3.8, 4) is 0 Å². The summed E-state index contributed by atoms with van der Waals surface area (Å²) in [4.78, 5) is 1.95. The van der Waals surface area contributed by atoms with E-state index in [0.717, 1.165) is 19.4 Å². The fourth-order valence-corrected chi connectivity index (χ4v) is 2.49. The van der Waals surface area contributed by atoms with Crippen molar-refractivity contribution in [2.75, 3.05) is 19.6 Å². The fraction of sp³-hybridized carbons (Fsp3) is 1.00. The predicted molar refractivity (Wildman–Crippen MR) is 67.6 cm³/mol. The Bertz CT molecular complexity index is 243. The van der Waals surface area contributed by atoms with Crippen LogP contribution in [0.3, 0.4) is 0 Å². The quantitative estimate of drug-likeness (QED) is 0.795. The number of likely N-dealkylation sites (tertiary alicyclic amines) is 1. The molecule has 1 rings (SSSR count). The van der Waals surface area contributed by atoms with Gasteiger partial charge in [0.05, 0.1) is 5.92 Å². The predicted octanol–water partition coefficient (Wildman–Crippen LogP) is 3.04. The molecular formula is C13H25F3N2. The van der Waals surface area contributed by atoms with Crippen LogP contribution < -0.4 is 5.32 Å². The van der Waals surface area contributed by atoms with E-state index in [0.29, 0.717) is 12.6 Å². The molecule has 0 aromatic heterocycles. The lowest BCUT2D eigenvalue weighted by molar-refractivity contribution is -0.170. The van der Waals surface area contributed by atoms with Crippen LogP contribution in [0.2, 0.25) is 0 Å². The van der Waals surface area contributed by atoms with Crippen LogP contribution in [0.25, 0.3) is 0 Å². The Kier molecular flexibility index (Phi) is 5.92. The zero-order valence-corrected chi connectivity index (χ0v) is 11.6. The van der Waals surface area contributed by atoms with Crippen LogP contribution in [-0.2, 0) is 0 Å². The first-order valence-corrected chi connectivity index (χ1v) is 6.88. The average Bonchev–Trinajstić information content (AvgIpc) is 2.75. The van der Waals surface area contributed by atoms with Crippen LogP contribution in [0.5, 0.6) is 0 Å². The lowest BCUT2D eigenvalue weighted by Gasteiger charge is -2.26. The molecule has 18 heavy (non-hydrogen) atoms. The van der Waals surface area contributed by atoms with E-state index in [9.17, 15) is 13.2 Å². The molecule has 5 heteroatoms. The van der Waals surface area contributed by atoms with E-state index < -0.39 is 12.1 Å². The molecule has 0 saturated carbocycles. The number of rotatable bonds is 6. The van der Waals surface area contributed by atoms with Crippen molar-refractivity contribution in [2.24, 2.45) is 5.92 Å². The van der Waals surface area contributed by atoms with E-state index in [4.69, 9.17) is 0 Å². The Balaban J connectivity index is 2.29. The van der Waals surface area contributed by atoms with E-state index in [2.05, 4.69) is 19.2 Å². The van der Waals surface area contributed by atoms with Crippen LogP contribution in [0, 0.1) is 5.92 Å². The van der Waals surface area contributed by atoms with Crippen LogP contribution in [0.4, 0.5) is 13.2 Å². The van der Waals surface area contributed by atoms with Gasteiger partial charge in [0, 0.05) is 25.2 Å². The second kappa shape index (κ2) is 6.75. The second-order valence-corrected chi connectivity index (χ2v) is 5.47. The minimum atomic E-state index is -4.03. The highest BCUT2D eigenvalue weighted by Gasteiger charge is 2.44. The minimum Gasteiger partial charge on any atom is -0.313 e. The van der Waals surface area contributed by atoms with Crippen molar-refractivity contribution in [1.82, 2.24) is 10.2 Å². The lowest BCUT2D eigenvalue weighted by Crippen LogP contribution is -2.42. The molecular weight excluding hydrogens is 241 g/mol. The molecule has 0 aliphatic carbocycles. The van der Waals surface area contributed by atoms with Crippen molar-refractivity contribution in [3.63, 3.8) is 0 Å². The first-order chi connectivity index (χ1) is 8.34. The van der Waals surface area contributed by atoms with Gasteiger partial charge >= 0.3 is 6.18 Å². The molecule has 3 unspecified atom stereocenters. The van der Waals surface area contributed by atoms with Gasteiger partial charge in [0.1, 0.15) is 0 Å². The van der Waals surface area contributed by atoms with Gasteiger partial charge in [0.15, 0.2) is 0 Å². The maximum Gasteiger partial charge on any atom is 0.393 e. The third-order valence-corrected chi connectivity index (χ3v) is 3.79. The van der Waals surface area contributed by atoms with E-state index in [-0.39, 0.29) is 19.0 Å². The number of nitrogens with one attached hydrogen (secondary N) is 1. The van der Waals surface area contributed by atoms with Gasteiger partial charge in [-0.2, -0.15) is 13.2 Å². The van der Waals surface area contributed by atoms with Gasteiger partial charge in [0.2, 0.25) is 0 Å². The maximum atomic E-state index is 12.6. The molecule has 0 aromatic rings. The topological polar surface area (TPSA) is 15.3 Å². The number of hydrogen-bond acceptors (Lipinski definition) is 2. The maximum absolute atomic E-state index is 12.6. The SMILES string of the molecule is CCCC(C)NCC(C)N1CCC(C(F)(F)F)C1. The monoisotopic (exact) mass is 266 g/mol. The van der Waals surface area contributed by atoms with Crippen molar-refractivity contribution in [1.29, 1.82) is 0 Å². The Morgan fingerprint density at radius 3 is 2.50 bits per heavy atom. The van der Waals surface area contributed by atoms with Crippen molar-refractivity contribution >= 4 is 0 Å². The summed E-state index contributed by atoms with van der Waals surface area (Å²) in [6, 6.07) is 0.620. The van der Waals surface area contributed by atoms with Crippen molar-refractivity contribution in [2.45, 2.75) is 58.3 Å². The minimum absolute atomic E-state index is 0.161. The summed E-state index contributed by atoms with van der Waals surface area (Å²) in [6.45, 7) is 7.76. The van der Waals surface area contributed by atoms with Gasteiger partial charge in [-0.15, -0.1) is 0 Å². The van der Waals surface area contributed by atoms with Gasteiger partial charge in [-0.3, -0.25) is 4.90 Å². The first-order valence-electron chi connectivity index (χ1n) is 6.88. The molecule has 108 valence electrons. The van der Waals surface area contributed by atoms with Crippen molar-refractivity contribution < 1.29 is 13.2 Å². The van der Waals surface area contributed by atoms with E-state index >= 15 is 0 Å². The Labute approximate surface area is 108 Å².